The summed E-state index contributed by atoms with van der Waals surface area (Å²) in [6.07, 6.45) is 6.54. The van der Waals surface area contributed by atoms with E-state index in [2.05, 4.69) is 38.4 Å². The number of nitrogens with zero attached hydrogens (tertiary/aromatic N) is 3. The van der Waals surface area contributed by atoms with Crippen molar-refractivity contribution in [3.05, 3.63) is 17.5 Å². The van der Waals surface area contributed by atoms with E-state index in [1.54, 1.807) is 0 Å². The molecule has 1 aliphatic rings. The molecule has 0 amide bonds. The normalized spacial score (nSPS) is 15.3. The lowest BCUT2D eigenvalue weighted by Gasteiger charge is -2.12. The van der Waals surface area contributed by atoms with Gasteiger partial charge in [0.15, 0.2) is 5.96 Å². The third kappa shape index (κ3) is 5.78. The van der Waals surface area contributed by atoms with Gasteiger partial charge in [-0.25, -0.2) is 0 Å². The summed E-state index contributed by atoms with van der Waals surface area (Å²) in [5.41, 5.74) is 2.32. The number of aryl methyl sites for hydroxylation is 3. The molecule has 0 spiro atoms. The monoisotopic (exact) mass is 291 g/mol. The third-order valence-electron chi connectivity index (χ3n) is 3.94. The minimum atomic E-state index is 0.916. The Balaban J connectivity index is 1.56. The Hall–Kier alpha value is -1.52. The summed E-state index contributed by atoms with van der Waals surface area (Å²) in [7, 11) is 1.83. The van der Waals surface area contributed by atoms with Crippen molar-refractivity contribution >= 4 is 5.96 Å². The quantitative estimate of drug-likeness (QED) is 0.439. The SMILES string of the molecule is CN=C(NCCCC1CC1)NCCCn1nc(C)cc1C. The summed E-state index contributed by atoms with van der Waals surface area (Å²) >= 11 is 0. The molecule has 5 heteroatoms. The van der Waals surface area contributed by atoms with E-state index in [1.807, 2.05) is 14.0 Å². The fourth-order valence-corrected chi connectivity index (χ4v) is 2.56. The lowest BCUT2D eigenvalue weighted by Crippen LogP contribution is -2.38. The van der Waals surface area contributed by atoms with Gasteiger partial charge in [0.1, 0.15) is 0 Å². The number of hydrogen-bond acceptors (Lipinski definition) is 2. The van der Waals surface area contributed by atoms with Crippen LogP contribution in [0.1, 0.15) is 43.5 Å². The Morgan fingerprint density at radius 3 is 2.57 bits per heavy atom. The first kappa shape index (κ1) is 15.9. The second-order valence-corrected chi connectivity index (χ2v) is 6.02. The molecule has 118 valence electrons. The zero-order chi connectivity index (χ0) is 15.1. The van der Waals surface area contributed by atoms with E-state index in [0.29, 0.717) is 0 Å². The van der Waals surface area contributed by atoms with Crippen molar-refractivity contribution in [1.29, 1.82) is 0 Å². The Kier molecular flexibility index (Phi) is 6.08. The lowest BCUT2D eigenvalue weighted by molar-refractivity contribution is 0.554. The van der Waals surface area contributed by atoms with Crippen LogP contribution in [0.2, 0.25) is 0 Å². The summed E-state index contributed by atoms with van der Waals surface area (Å²) in [5.74, 6) is 1.93. The Labute approximate surface area is 128 Å². The van der Waals surface area contributed by atoms with Gasteiger partial charge in [0.25, 0.3) is 0 Å². The number of guanidine groups is 1. The van der Waals surface area contributed by atoms with Crippen LogP contribution in [-0.2, 0) is 6.54 Å². The number of hydrogen-bond donors (Lipinski definition) is 2. The van der Waals surface area contributed by atoms with E-state index < -0.39 is 0 Å². The van der Waals surface area contributed by atoms with Crippen molar-refractivity contribution in [3.63, 3.8) is 0 Å². The van der Waals surface area contributed by atoms with Gasteiger partial charge in [0.05, 0.1) is 5.69 Å². The van der Waals surface area contributed by atoms with Crippen molar-refractivity contribution in [3.8, 4) is 0 Å². The second-order valence-electron chi connectivity index (χ2n) is 6.02. The van der Waals surface area contributed by atoms with Crippen LogP contribution in [0.3, 0.4) is 0 Å². The number of aliphatic imine (C=N–C) groups is 1. The average Bonchev–Trinajstić information content (AvgIpc) is 3.22. The maximum Gasteiger partial charge on any atom is 0.190 e. The molecule has 1 heterocycles. The van der Waals surface area contributed by atoms with Gasteiger partial charge in [-0.3, -0.25) is 9.67 Å². The molecule has 0 aliphatic heterocycles. The van der Waals surface area contributed by atoms with Gasteiger partial charge in [-0.05, 0) is 45.1 Å². The second kappa shape index (κ2) is 8.05. The molecule has 1 aliphatic carbocycles. The van der Waals surface area contributed by atoms with Crippen molar-refractivity contribution in [1.82, 2.24) is 20.4 Å². The first-order valence-electron chi connectivity index (χ1n) is 8.14. The Morgan fingerprint density at radius 1 is 1.29 bits per heavy atom. The molecule has 0 bridgehead atoms. The summed E-state index contributed by atoms with van der Waals surface area (Å²) in [5, 5.41) is 11.2. The van der Waals surface area contributed by atoms with Gasteiger partial charge in [0, 0.05) is 32.4 Å². The molecule has 0 atom stereocenters. The lowest BCUT2D eigenvalue weighted by atomic mass is 10.2. The van der Waals surface area contributed by atoms with Crippen molar-refractivity contribution < 1.29 is 0 Å². The van der Waals surface area contributed by atoms with Crippen LogP contribution < -0.4 is 10.6 Å². The molecule has 2 rings (SSSR count). The molecular formula is C16H29N5. The summed E-state index contributed by atoms with van der Waals surface area (Å²) < 4.78 is 2.07. The Morgan fingerprint density at radius 2 is 2.00 bits per heavy atom. The molecule has 2 N–H and O–H groups in total. The van der Waals surface area contributed by atoms with E-state index in [1.165, 1.54) is 31.4 Å². The molecule has 1 aromatic rings. The number of aromatic nitrogens is 2. The van der Waals surface area contributed by atoms with Gasteiger partial charge >= 0.3 is 0 Å². The first-order chi connectivity index (χ1) is 10.2. The van der Waals surface area contributed by atoms with Crippen LogP contribution in [0.15, 0.2) is 11.1 Å². The maximum absolute atomic E-state index is 4.47. The highest BCUT2D eigenvalue weighted by Gasteiger charge is 2.19. The van der Waals surface area contributed by atoms with Gasteiger partial charge in [-0.1, -0.05) is 12.8 Å². The fourth-order valence-electron chi connectivity index (χ4n) is 2.56. The van der Waals surface area contributed by atoms with Crippen LogP contribution in [-0.4, -0.2) is 35.9 Å². The minimum absolute atomic E-state index is 0.916. The van der Waals surface area contributed by atoms with E-state index >= 15 is 0 Å². The number of rotatable bonds is 8. The van der Waals surface area contributed by atoms with Gasteiger partial charge < -0.3 is 10.6 Å². The smallest absolute Gasteiger partial charge is 0.190 e. The topological polar surface area (TPSA) is 54.2 Å². The van der Waals surface area contributed by atoms with Gasteiger partial charge in [-0.2, -0.15) is 5.10 Å². The summed E-state index contributed by atoms with van der Waals surface area (Å²) in [6, 6.07) is 2.12. The van der Waals surface area contributed by atoms with Crippen LogP contribution in [0.25, 0.3) is 0 Å². The van der Waals surface area contributed by atoms with E-state index in [9.17, 15) is 0 Å². The molecule has 21 heavy (non-hydrogen) atoms. The highest BCUT2D eigenvalue weighted by Crippen LogP contribution is 2.33. The molecular weight excluding hydrogens is 262 g/mol. The minimum Gasteiger partial charge on any atom is -0.356 e. The highest BCUT2D eigenvalue weighted by atomic mass is 15.3. The summed E-state index contributed by atoms with van der Waals surface area (Å²) in [6.45, 7) is 7.03. The van der Waals surface area contributed by atoms with Gasteiger partial charge in [-0.15, -0.1) is 0 Å². The highest BCUT2D eigenvalue weighted by molar-refractivity contribution is 5.79. The summed E-state index contributed by atoms with van der Waals surface area (Å²) in [4.78, 5) is 4.26. The molecule has 0 unspecified atom stereocenters. The fraction of sp³-hybridized carbons (Fsp3) is 0.750. The molecule has 1 saturated carbocycles. The third-order valence-corrected chi connectivity index (χ3v) is 3.94. The standard InChI is InChI=1S/C16H29N5/c1-13-12-14(2)21(20-13)11-5-10-19-16(17-3)18-9-4-6-15-7-8-15/h12,15H,4-11H2,1-3H3,(H2,17,18,19). The van der Waals surface area contributed by atoms with Crippen LogP contribution in [0, 0.1) is 19.8 Å². The van der Waals surface area contributed by atoms with E-state index in [0.717, 1.165) is 43.6 Å². The first-order valence-corrected chi connectivity index (χ1v) is 8.14. The zero-order valence-corrected chi connectivity index (χ0v) is 13.7. The van der Waals surface area contributed by atoms with E-state index in [-0.39, 0.29) is 0 Å². The van der Waals surface area contributed by atoms with Gasteiger partial charge in [0.2, 0.25) is 0 Å². The molecule has 1 aromatic heterocycles. The van der Waals surface area contributed by atoms with Crippen molar-refractivity contribution in [2.75, 3.05) is 20.1 Å². The molecule has 0 saturated heterocycles. The largest absolute Gasteiger partial charge is 0.356 e. The van der Waals surface area contributed by atoms with Crippen LogP contribution in [0.4, 0.5) is 0 Å². The molecule has 1 fully saturated rings. The average molecular weight is 291 g/mol. The molecule has 0 radical (unpaired) electrons. The number of nitrogens with one attached hydrogen (secondary N) is 2. The van der Waals surface area contributed by atoms with Crippen molar-refractivity contribution in [2.45, 2.75) is 52.5 Å². The molecule has 0 aromatic carbocycles. The van der Waals surface area contributed by atoms with Crippen molar-refractivity contribution in [2.24, 2.45) is 10.9 Å². The molecule has 5 nitrogen and oxygen atoms in total. The van der Waals surface area contributed by atoms with Crippen LogP contribution in [0.5, 0.6) is 0 Å². The van der Waals surface area contributed by atoms with Crippen LogP contribution >= 0.6 is 0 Å². The predicted octanol–water partition coefficient (Wildman–Crippen LogP) is 2.25. The van der Waals surface area contributed by atoms with E-state index in [4.69, 9.17) is 0 Å². The zero-order valence-electron chi connectivity index (χ0n) is 13.7. The predicted molar refractivity (Wildman–Crippen MR) is 87.6 cm³/mol. The Bertz CT molecular complexity index is 459. The maximum atomic E-state index is 4.47.